The number of halogens is 4. The summed E-state index contributed by atoms with van der Waals surface area (Å²) in [6, 6.07) is 3.47. The van der Waals surface area contributed by atoms with Crippen LogP contribution in [0.15, 0.2) is 48.0 Å². The highest BCUT2D eigenvalue weighted by molar-refractivity contribution is 5.91. The monoisotopic (exact) mass is 475 g/mol. The number of phenols is 1. The number of carbonyl (C=O) groups is 1. The van der Waals surface area contributed by atoms with Gasteiger partial charge in [0.15, 0.2) is 5.82 Å². The Kier molecular flexibility index (Phi) is 4.85. The quantitative estimate of drug-likeness (QED) is 0.463. The largest absolute Gasteiger partial charge is 0.506 e. The van der Waals surface area contributed by atoms with E-state index in [9.17, 15) is 32.3 Å². The minimum Gasteiger partial charge on any atom is -0.506 e. The Hall–Kier alpha value is -3.96. The molecule has 2 unspecified atom stereocenters. The lowest BCUT2D eigenvalue weighted by Crippen LogP contribution is -2.57. The number of hydrogen-bond acceptors (Lipinski definition) is 6. The fraction of sp³-hybridized carbons (Fsp3) is 0.273. The van der Waals surface area contributed by atoms with Gasteiger partial charge in [0.2, 0.25) is 5.91 Å². The van der Waals surface area contributed by atoms with Crippen LogP contribution in [0.1, 0.15) is 5.69 Å². The third-order valence-corrected chi connectivity index (χ3v) is 6.27. The predicted octanol–water partition coefficient (Wildman–Crippen LogP) is 2.48. The SMILES string of the molecule is C=CC(=O)N1CC2CN(c3ncnc4c(=O)n(-c5c(O)cccc5F)c(C(F)(F)F)cc34)CC21. The van der Waals surface area contributed by atoms with E-state index in [1.54, 1.807) is 9.80 Å². The van der Waals surface area contributed by atoms with Crippen molar-refractivity contribution in [2.45, 2.75) is 12.2 Å². The highest BCUT2D eigenvalue weighted by Gasteiger charge is 2.48. The molecule has 2 fully saturated rings. The van der Waals surface area contributed by atoms with Crippen LogP contribution in [0.25, 0.3) is 16.6 Å². The molecule has 12 heteroatoms. The summed E-state index contributed by atoms with van der Waals surface area (Å²) in [4.78, 5) is 36.5. The minimum absolute atomic E-state index is 0.0853. The van der Waals surface area contributed by atoms with Gasteiger partial charge in [-0.15, -0.1) is 0 Å². The second-order valence-corrected chi connectivity index (χ2v) is 8.16. The highest BCUT2D eigenvalue weighted by atomic mass is 19.4. The molecule has 34 heavy (non-hydrogen) atoms. The fourth-order valence-corrected chi connectivity index (χ4v) is 4.69. The summed E-state index contributed by atoms with van der Waals surface area (Å²) in [5, 5.41) is 9.91. The number of nitrogens with zero attached hydrogens (tertiary/aromatic N) is 5. The summed E-state index contributed by atoms with van der Waals surface area (Å²) in [6.07, 6.45) is -2.81. The standard InChI is InChI=1S/C22H17F4N5O3/c1-2-17(33)30-8-11-7-29(9-14(11)30)20-12-6-16(22(24,25)26)31(21(34)18(12)27-10-28-20)19-13(23)4-3-5-15(19)32/h2-6,10-11,14,32H,1,7-9H2. The number of para-hydroxylation sites is 1. The van der Waals surface area contributed by atoms with E-state index in [2.05, 4.69) is 16.5 Å². The van der Waals surface area contributed by atoms with Crippen molar-refractivity contribution >= 4 is 22.6 Å². The molecule has 2 saturated heterocycles. The zero-order valence-electron chi connectivity index (χ0n) is 17.5. The number of benzene rings is 1. The van der Waals surface area contributed by atoms with Crippen LogP contribution in [0.5, 0.6) is 5.75 Å². The Bertz CT molecular complexity index is 1380. The molecule has 2 aromatic heterocycles. The van der Waals surface area contributed by atoms with E-state index in [0.717, 1.165) is 24.5 Å². The number of pyridine rings is 1. The van der Waals surface area contributed by atoms with Gasteiger partial charge in [0, 0.05) is 25.6 Å². The summed E-state index contributed by atoms with van der Waals surface area (Å²) >= 11 is 0. The van der Waals surface area contributed by atoms with Crippen molar-refractivity contribution in [2.75, 3.05) is 24.5 Å². The van der Waals surface area contributed by atoms with Gasteiger partial charge in [-0.05, 0) is 24.3 Å². The summed E-state index contributed by atoms with van der Waals surface area (Å²) in [6.45, 7) is 4.70. The molecule has 1 amide bonds. The van der Waals surface area contributed by atoms with Gasteiger partial charge in [0.05, 0.1) is 11.4 Å². The van der Waals surface area contributed by atoms with Gasteiger partial charge in [-0.25, -0.2) is 14.4 Å². The lowest BCUT2D eigenvalue weighted by Gasteiger charge is -2.42. The van der Waals surface area contributed by atoms with E-state index in [0.29, 0.717) is 25.7 Å². The van der Waals surface area contributed by atoms with Gasteiger partial charge in [0.1, 0.15) is 34.8 Å². The van der Waals surface area contributed by atoms with E-state index in [1.165, 1.54) is 6.08 Å². The number of anilines is 1. The molecule has 4 heterocycles. The molecule has 1 N–H and O–H groups in total. The molecule has 0 radical (unpaired) electrons. The summed E-state index contributed by atoms with van der Waals surface area (Å²) < 4.78 is 56.7. The molecule has 0 saturated carbocycles. The van der Waals surface area contributed by atoms with Crippen molar-refractivity contribution in [3.63, 3.8) is 0 Å². The normalized spacial score (nSPS) is 19.8. The number of hydrogen-bond donors (Lipinski definition) is 1. The molecule has 176 valence electrons. The first kappa shape index (κ1) is 21.9. The van der Waals surface area contributed by atoms with Crippen molar-refractivity contribution < 1.29 is 27.5 Å². The molecule has 1 aromatic carbocycles. The Labute approximate surface area is 189 Å². The van der Waals surface area contributed by atoms with Gasteiger partial charge >= 0.3 is 6.18 Å². The van der Waals surface area contributed by atoms with Crippen molar-refractivity contribution in [3.05, 3.63) is 65.1 Å². The van der Waals surface area contributed by atoms with Crippen LogP contribution in [0.2, 0.25) is 0 Å². The summed E-state index contributed by atoms with van der Waals surface area (Å²) in [5.74, 6) is -2.05. The zero-order chi connectivity index (χ0) is 24.4. The van der Waals surface area contributed by atoms with E-state index in [1.807, 2.05) is 0 Å². The minimum atomic E-state index is -5.06. The molecule has 2 aliphatic heterocycles. The molecular formula is C22H17F4N5O3. The van der Waals surface area contributed by atoms with E-state index < -0.39 is 34.7 Å². The van der Waals surface area contributed by atoms with Crippen LogP contribution in [0.4, 0.5) is 23.4 Å². The maximum atomic E-state index is 14.5. The number of carbonyl (C=O) groups excluding carboxylic acids is 1. The maximum absolute atomic E-state index is 14.5. The predicted molar refractivity (Wildman–Crippen MR) is 113 cm³/mol. The second kappa shape index (κ2) is 7.54. The first-order chi connectivity index (χ1) is 16.1. The summed E-state index contributed by atoms with van der Waals surface area (Å²) in [5.41, 5.74) is -4.01. The molecule has 5 rings (SSSR count). The molecule has 2 aliphatic rings. The number of phenolic OH excluding ortho intramolecular Hbond substituents is 1. The zero-order valence-corrected chi connectivity index (χ0v) is 17.5. The van der Waals surface area contributed by atoms with Gasteiger partial charge in [-0.2, -0.15) is 13.2 Å². The Morgan fingerprint density at radius 1 is 1.21 bits per heavy atom. The maximum Gasteiger partial charge on any atom is 0.431 e. The fourth-order valence-electron chi connectivity index (χ4n) is 4.69. The van der Waals surface area contributed by atoms with Crippen LogP contribution < -0.4 is 10.5 Å². The highest BCUT2D eigenvalue weighted by Crippen LogP contribution is 2.39. The third kappa shape index (κ3) is 3.20. The Balaban J connectivity index is 1.68. The molecule has 0 bridgehead atoms. The van der Waals surface area contributed by atoms with Crippen LogP contribution in [0, 0.1) is 11.7 Å². The van der Waals surface area contributed by atoms with E-state index in [-0.39, 0.29) is 39.2 Å². The molecule has 3 aromatic rings. The number of aromatic nitrogens is 3. The van der Waals surface area contributed by atoms with Crippen molar-refractivity contribution in [2.24, 2.45) is 5.92 Å². The smallest absolute Gasteiger partial charge is 0.431 e. The Morgan fingerprint density at radius 2 is 1.97 bits per heavy atom. The number of alkyl halides is 3. The number of aromatic hydroxyl groups is 1. The summed E-state index contributed by atoms with van der Waals surface area (Å²) in [7, 11) is 0. The first-order valence-corrected chi connectivity index (χ1v) is 10.3. The lowest BCUT2D eigenvalue weighted by atomic mass is 9.92. The average molecular weight is 475 g/mol. The van der Waals surface area contributed by atoms with Crippen molar-refractivity contribution in [3.8, 4) is 11.4 Å². The van der Waals surface area contributed by atoms with Crippen molar-refractivity contribution in [1.82, 2.24) is 19.4 Å². The Morgan fingerprint density at radius 3 is 2.65 bits per heavy atom. The van der Waals surface area contributed by atoms with E-state index >= 15 is 0 Å². The van der Waals surface area contributed by atoms with Crippen LogP contribution >= 0.6 is 0 Å². The van der Waals surface area contributed by atoms with Crippen LogP contribution in [-0.2, 0) is 11.0 Å². The second-order valence-electron chi connectivity index (χ2n) is 8.16. The molecule has 2 atom stereocenters. The van der Waals surface area contributed by atoms with Crippen LogP contribution in [0.3, 0.4) is 0 Å². The van der Waals surface area contributed by atoms with Gasteiger partial charge in [0.25, 0.3) is 5.56 Å². The first-order valence-electron chi connectivity index (χ1n) is 10.3. The van der Waals surface area contributed by atoms with Gasteiger partial charge < -0.3 is 14.9 Å². The number of likely N-dealkylation sites (tertiary alicyclic amines) is 1. The van der Waals surface area contributed by atoms with Gasteiger partial charge in [-0.1, -0.05) is 12.6 Å². The molecule has 0 spiro atoms. The average Bonchev–Trinajstić information content (AvgIpc) is 3.10. The number of fused-ring (bicyclic) bond motifs is 2. The van der Waals surface area contributed by atoms with Crippen LogP contribution in [-0.4, -0.2) is 56.1 Å². The van der Waals surface area contributed by atoms with Gasteiger partial charge in [-0.3, -0.25) is 14.2 Å². The third-order valence-electron chi connectivity index (χ3n) is 6.27. The van der Waals surface area contributed by atoms with E-state index in [4.69, 9.17) is 0 Å². The number of rotatable bonds is 3. The molecule has 8 nitrogen and oxygen atoms in total. The topological polar surface area (TPSA) is 91.6 Å². The van der Waals surface area contributed by atoms with Crippen molar-refractivity contribution in [1.29, 1.82) is 0 Å². The number of amides is 1. The molecule has 0 aliphatic carbocycles. The lowest BCUT2D eigenvalue weighted by molar-refractivity contribution is -0.142. The molecular weight excluding hydrogens is 458 g/mol.